The van der Waals surface area contributed by atoms with Gasteiger partial charge < -0.3 is 25.0 Å². The normalized spacial score (nSPS) is 22.8. The fourth-order valence-electron chi connectivity index (χ4n) is 5.30. The fourth-order valence-corrected chi connectivity index (χ4v) is 5.30. The van der Waals surface area contributed by atoms with Gasteiger partial charge in [-0.2, -0.15) is 0 Å². The van der Waals surface area contributed by atoms with Crippen molar-refractivity contribution >= 4 is 28.5 Å². The first kappa shape index (κ1) is 24.8. The molecule has 0 amide bonds. The molecule has 0 bridgehead atoms. The number of imidazole rings is 1. The first-order valence-electron chi connectivity index (χ1n) is 12.5. The fraction of sp³-hybridized carbons (Fsp3) is 0.538. The summed E-state index contributed by atoms with van der Waals surface area (Å²) in [5, 5.41) is 16.6. The molecule has 1 unspecified atom stereocenters. The number of ether oxygens (including phenoxy) is 1. The second-order valence-corrected chi connectivity index (χ2v) is 10.5. The largest absolute Gasteiger partial charge is 0.390 e. The molecule has 0 spiro atoms. The summed E-state index contributed by atoms with van der Waals surface area (Å²) in [6, 6.07) is 3.43. The molecule has 2 fully saturated rings. The molecular formula is C26H32F3N5O2. The minimum Gasteiger partial charge on any atom is -0.390 e. The van der Waals surface area contributed by atoms with E-state index in [-0.39, 0.29) is 23.8 Å². The van der Waals surface area contributed by atoms with E-state index in [2.05, 4.69) is 20.6 Å². The zero-order valence-electron chi connectivity index (χ0n) is 20.5. The van der Waals surface area contributed by atoms with E-state index in [0.29, 0.717) is 43.2 Å². The van der Waals surface area contributed by atoms with Crippen LogP contribution in [0, 0.1) is 29.3 Å². The van der Waals surface area contributed by atoms with Crippen LogP contribution in [0.4, 0.5) is 30.6 Å². The summed E-state index contributed by atoms with van der Waals surface area (Å²) in [5.74, 6) is -1.58. The standard InChI is InChI=1S/C26H32F3N5O2/c1-26(2,35)16-3-5-18(6-4-16)31-23-11-22-21(12-30-23)32-25(34(22)13-15-7-8-36-14-15)33-24-19(28)9-17(27)10-20(24)29/h9-12,15-16,18,35H,3-8,13-14H2,1-2H3,(H,30,31)(H,32,33). The zero-order chi connectivity index (χ0) is 25.4. The lowest BCUT2D eigenvalue weighted by Gasteiger charge is -2.36. The van der Waals surface area contributed by atoms with Crippen molar-refractivity contribution in [1.29, 1.82) is 0 Å². The summed E-state index contributed by atoms with van der Waals surface area (Å²) in [5.41, 5.74) is 0.224. The lowest BCUT2D eigenvalue weighted by atomic mass is 9.77. The molecule has 1 aliphatic heterocycles. The van der Waals surface area contributed by atoms with Crippen LogP contribution in [0.3, 0.4) is 0 Å². The Kier molecular flexibility index (Phi) is 6.82. The van der Waals surface area contributed by atoms with Crippen LogP contribution in [0.2, 0.25) is 0 Å². The number of hydrogen-bond donors (Lipinski definition) is 3. The average Bonchev–Trinajstić information content (AvgIpc) is 3.44. The maximum atomic E-state index is 14.4. The van der Waals surface area contributed by atoms with Gasteiger partial charge in [-0.15, -0.1) is 0 Å². The molecule has 3 N–H and O–H groups in total. The summed E-state index contributed by atoms with van der Waals surface area (Å²) in [6.07, 6.45) is 6.26. The van der Waals surface area contributed by atoms with Crippen LogP contribution in [0.25, 0.3) is 11.0 Å². The highest BCUT2D eigenvalue weighted by Crippen LogP contribution is 2.34. The number of pyridine rings is 1. The SMILES string of the molecule is CC(C)(O)C1CCC(Nc2cc3c(cn2)nc(Nc2c(F)cc(F)cc2F)n3CC2CCOC2)CC1. The van der Waals surface area contributed by atoms with Gasteiger partial charge in [-0.05, 0) is 51.9 Å². The maximum Gasteiger partial charge on any atom is 0.208 e. The van der Waals surface area contributed by atoms with Crippen LogP contribution >= 0.6 is 0 Å². The summed E-state index contributed by atoms with van der Waals surface area (Å²) in [6.45, 7) is 5.55. The van der Waals surface area contributed by atoms with E-state index in [4.69, 9.17) is 4.74 Å². The van der Waals surface area contributed by atoms with Crippen LogP contribution in [0.5, 0.6) is 0 Å². The molecule has 0 radical (unpaired) electrons. The molecule has 5 rings (SSSR count). The van der Waals surface area contributed by atoms with Crippen molar-refractivity contribution in [3.8, 4) is 0 Å². The first-order valence-corrected chi connectivity index (χ1v) is 12.5. The van der Waals surface area contributed by atoms with Crippen LogP contribution in [-0.2, 0) is 11.3 Å². The number of benzene rings is 1. The molecule has 7 nitrogen and oxygen atoms in total. The predicted molar refractivity (Wildman–Crippen MR) is 132 cm³/mol. The number of nitrogens with one attached hydrogen (secondary N) is 2. The molecule has 1 aromatic carbocycles. The summed E-state index contributed by atoms with van der Waals surface area (Å²) in [7, 11) is 0. The smallest absolute Gasteiger partial charge is 0.208 e. The third-order valence-corrected chi connectivity index (χ3v) is 7.42. The van der Waals surface area contributed by atoms with Gasteiger partial charge in [0.15, 0.2) is 11.6 Å². The molecule has 10 heteroatoms. The lowest BCUT2D eigenvalue weighted by molar-refractivity contribution is -0.000403. The second-order valence-electron chi connectivity index (χ2n) is 10.5. The van der Waals surface area contributed by atoms with Crippen molar-refractivity contribution in [2.45, 2.75) is 64.1 Å². The molecule has 1 saturated heterocycles. The molecule has 1 atom stereocenters. The number of anilines is 3. The van der Waals surface area contributed by atoms with Crippen molar-refractivity contribution in [3.63, 3.8) is 0 Å². The first-order chi connectivity index (χ1) is 17.2. The van der Waals surface area contributed by atoms with E-state index in [1.54, 1.807) is 6.20 Å². The Morgan fingerprint density at radius 3 is 2.44 bits per heavy atom. The molecular weight excluding hydrogens is 471 g/mol. The highest BCUT2D eigenvalue weighted by atomic mass is 19.1. The van der Waals surface area contributed by atoms with Crippen LogP contribution in [-0.4, -0.2) is 44.5 Å². The van der Waals surface area contributed by atoms with E-state index in [9.17, 15) is 18.3 Å². The van der Waals surface area contributed by atoms with E-state index in [1.165, 1.54) is 0 Å². The Morgan fingerprint density at radius 1 is 1.08 bits per heavy atom. The molecule has 2 aliphatic rings. The number of hydrogen-bond acceptors (Lipinski definition) is 6. The van der Waals surface area contributed by atoms with E-state index < -0.39 is 28.7 Å². The van der Waals surface area contributed by atoms with E-state index >= 15 is 0 Å². The molecule has 1 saturated carbocycles. The minimum absolute atomic E-state index is 0.229. The van der Waals surface area contributed by atoms with Gasteiger partial charge in [0.05, 0.1) is 23.9 Å². The number of nitrogens with zero attached hydrogens (tertiary/aromatic N) is 3. The number of aromatic nitrogens is 3. The van der Waals surface area contributed by atoms with Crippen molar-refractivity contribution in [2.24, 2.45) is 11.8 Å². The molecule has 36 heavy (non-hydrogen) atoms. The van der Waals surface area contributed by atoms with E-state index in [1.807, 2.05) is 24.5 Å². The number of halogens is 3. The molecule has 3 heterocycles. The second kappa shape index (κ2) is 9.89. The lowest BCUT2D eigenvalue weighted by Crippen LogP contribution is -2.37. The van der Waals surface area contributed by atoms with Crippen molar-refractivity contribution in [3.05, 3.63) is 41.8 Å². The van der Waals surface area contributed by atoms with Gasteiger partial charge in [-0.3, -0.25) is 0 Å². The Balaban J connectivity index is 1.42. The predicted octanol–water partition coefficient (Wildman–Crippen LogP) is 5.37. The molecule has 1 aliphatic carbocycles. The van der Waals surface area contributed by atoms with Crippen LogP contribution < -0.4 is 10.6 Å². The third-order valence-electron chi connectivity index (χ3n) is 7.42. The quantitative estimate of drug-likeness (QED) is 0.402. The van der Waals surface area contributed by atoms with Gasteiger partial charge in [0, 0.05) is 43.3 Å². The minimum atomic E-state index is -1.03. The van der Waals surface area contributed by atoms with Gasteiger partial charge in [0.25, 0.3) is 0 Å². The topological polar surface area (TPSA) is 84.2 Å². The number of fused-ring (bicyclic) bond motifs is 1. The Labute approximate surface area is 208 Å². The van der Waals surface area contributed by atoms with Gasteiger partial charge in [0.1, 0.15) is 22.8 Å². The Bertz CT molecular complexity index is 1210. The number of aliphatic hydroxyl groups is 1. The van der Waals surface area contributed by atoms with Crippen LogP contribution in [0.1, 0.15) is 46.0 Å². The van der Waals surface area contributed by atoms with E-state index in [0.717, 1.165) is 37.6 Å². The Morgan fingerprint density at radius 2 is 1.81 bits per heavy atom. The summed E-state index contributed by atoms with van der Waals surface area (Å²) < 4.78 is 49.6. The maximum absolute atomic E-state index is 14.4. The molecule has 2 aromatic heterocycles. The average molecular weight is 504 g/mol. The summed E-state index contributed by atoms with van der Waals surface area (Å²) in [4.78, 5) is 9.07. The van der Waals surface area contributed by atoms with Crippen molar-refractivity contribution < 1.29 is 23.0 Å². The van der Waals surface area contributed by atoms with Gasteiger partial charge in [0.2, 0.25) is 5.95 Å². The zero-order valence-corrected chi connectivity index (χ0v) is 20.5. The Hall–Kier alpha value is -2.85. The van der Waals surface area contributed by atoms with Gasteiger partial charge in [-0.1, -0.05) is 0 Å². The van der Waals surface area contributed by atoms with Crippen molar-refractivity contribution in [2.75, 3.05) is 23.8 Å². The van der Waals surface area contributed by atoms with Crippen LogP contribution in [0.15, 0.2) is 24.4 Å². The van der Waals surface area contributed by atoms with Crippen molar-refractivity contribution in [1.82, 2.24) is 14.5 Å². The highest BCUT2D eigenvalue weighted by molar-refractivity contribution is 5.81. The monoisotopic (exact) mass is 503 g/mol. The number of rotatable bonds is 7. The molecule has 194 valence electrons. The third kappa shape index (κ3) is 5.29. The van der Waals surface area contributed by atoms with Gasteiger partial charge in [-0.25, -0.2) is 23.1 Å². The summed E-state index contributed by atoms with van der Waals surface area (Å²) >= 11 is 0. The highest BCUT2D eigenvalue weighted by Gasteiger charge is 2.31. The molecule has 3 aromatic rings. The van der Waals surface area contributed by atoms with Gasteiger partial charge >= 0.3 is 0 Å².